The average molecular weight is 397 g/mol. The molecule has 150 valence electrons. The Morgan fingerprint density at radius 1 is 1.17 bits per heavy atom. The molecular weight excluding hydrogens is 378 g/mol. The van der Waals surface area contributed by atoms with Crippen LogP contribution in [0.25, 0.3) is 12.2 Å². The highest BCUT2D eigenvalue weighted by Crippen LogP contribution is 2.46. The van der Waals surface area contributed by atoms with Crippen molar-refractivity contribution < 1.29 is 34.0 Å². The number of carboxylic acids is 1. The van der Waals surface area contributed by atoms with Gasteiger partial charge in [-0.05, 0) is 35.4 Å². The summed E-state index contributed by atoms with van der Waals surface area (Å²) < 4.78 is 16.4. The lowest BCUT2D eigenvalue weighted by atomic mass is 10.0. The monoisotopic (exact) mass is 397 g/mol. The van der Waals surface area contributed by atoms with Crippen LogP contribution in [0.5, 0.6) is 11.5 Å². The number of phenols is 1. The fraction of sp³-hybridized carbons (Fsp3) is 0.238. The number of aromatic hydroxyl groups is 1. The first-order valence-electron chi connectivity index (χ1n) is 8.96. The van der Waals surface area contributed by atoms with Crippen LogP contribution in [0.15, 0.2) is 36.4 Å². The second-order valence-electron chi connectivity index (χ2n) is 6.64. The quantitative estimate of drug-likeness (QED) is 0.745. The van der Waals surface area contributed by atoms with E-state index in [2.05, 4.69) is 0 Å². The van der Waals surface area contributed by atoms with Gasteiger partial charge in [-0.1, -0.05) is 24.3 Å². The van der Waals surface area contributed by atoms with E-state index in [-0.39, 0.29) is 19.0 Å². The first-order chi connectivity index (χ1) is 13.9. The van der Waals surface area contributed by atoms with E-state index in [0.29, 0.717) is 17.0 Å². The van der Waals surface area contributed by atoms with Crippen LogP contribution in [0.3, 0.4) is 0 Å². The zero-order valence-corrected chi connectivity index (χ0v) is 15.6. The molecular formula is C21H19NO7. The van der Waals surface area contributed by atoms with Crippen molar-refractivity contribution in [2.45, 2.75) is 5.79 Å². The third-order valence-electron chi connectivity index (χ3n) is 4.85. The van der Waals surface area contributed by atoms with Gasteiger partial charge in [-0.15, -0.1) is 0 Å². The molecule has 0 unspecified atom stereocenters. The van der Waals surface area contributed by atoms with Crippen LogP contribution in [0.4, 0.5) is 5.69 Å². The maximum absolute atomic E-state index is 12.9. The van der Waals surface area contributed by atoms with Crippen LogP contribution in [0, 0.1) is 0 Å². The molecule has 8 heteroatoms. The number of amides is 1. The normalized spacial score (nSPS) is 17.3. The molecule has 0 radical (unpaired) electrons. The number of anilines is 1. The number of carbonyl (C=O) groups is 2. The molecule has 29 heavy (non-hydrogen) atoms. The van der Waals surface area contributed by atoms with Gasteiger partial charge in [-0.25, -0.2) is 0 Å². The number of rotatable bonds is 5. The first-order valence-corrected chi connectivity index (χ1v) is 8.96. The number of methoxy groups -OCH3 is 1. The SMILES string of the molecule is COc1cc(/C=C/c2ccc3c(c2)C2(OCCO2)C(=O)N3CC(=O)O)ccc1O. The van der Waals surface area contributed by atoms with E-state index >= 15 is 0 Å². The molecule has 2 N–H and O–H groups in total. The highest BCUT2D eigenvalue weighted by atomic mass is 16.7. The number of phenolic OH excluding ortho intramolecular Hbond substituents is 1. The van der Waals surface area contributed by atoms with Crippen molar-refractivity contribution in [1.82, 2.24) is 0 Å². The largest absolute Gasteiger partial charge is 0.504 e. The number of fused-ring (bicyclic) bond motifs is 2. The minimum Gasteiger partial charge on any atom is -0.504 e. The van der Waals surface area contributed by atoms with Crippen molar-refractivity contribution in [3.8, 4) is 11.5 Å². The molecule has 1 saturated heterocycles. The Bertz CT molecular complexity index is 1010. The van der Waals surface area contributed by atoms with Gasteiger partial charge in [0.1, 0.15) is 6.54 Å². The number of carboxylic acid groups (broad SMARTS) is 1. The third kappa shape index (κ3) is 3.22. The topological polar surface area (TPSA) is 106 Å². The van der Waals surface area contributed by atoms with Gasteiger partial charge in [-0.3, -0.25) is 14.5 Å². The van der Waals surface area contributed by atoms with Gasteiger partial charge < -0.3 is 24.4 Å². The highest BCUT2D eigenvalue weighted by Gasteiger charge is 2.56. The van der Waals surface area contributed by atoms with E-state index in [1.165, 1.54) is 12.0 Å². The lowest BCUT2D eigenvalue weighted by Gasteiger charge is -2.21. The Hall–Kier alpha value is -3.36. The van der Waals surface area contributed by atoms with Crippen LogP contribution in [0.2, 0.25) is 0 Å². The Morgan fingerprint density at radius 2 is 1.83 bits per heavy atom. The highest BCUT2D eigenvalue weighted by molar-refractivity contribution is 6.08. The van der Waals surface area contributed by atoms with Crippen molar-refractivity contribution in [1.29, 1.82) is 0 Å². The first kappa shape index (κ1) is 19.0. The Balaban J connectivity index is 1.70. The van der Waals surface area contributed by atoms with Crippen LogP contribution >= 0.6 is 0 Å². The van der Waals surface area contributed by atoms with E-state index < -0.39 is 24.2 Å². The average Bonchev–Trinajstić information content (AvgIpc) is 3.28. The minimum absolute atomic E-state index is 0.0525. The second kappa shape index (κ2) is 7.23. The number of ether oxygens (including phenoxy) is 3. The molecule has 0 saturated carbocycles. The summed E-state index contributed by atoms with van der Waals surface area (Å²) in [5.41, 5.74) is 2.54. The molecule has 8 nitrogen and oxygen atoms in total. The summed E-state index contributed by atoms with van der Waals surface area (Å²) in [6.07, 6.45) is 3.66. The van der Waals surface area contributed by atoms with Gasteiger partial charge in [0.05, 0.1) is 26.0 Å². The molecule has 0 bridgehead atoms. The second-order valence-corrected chi connectivity index (χ2v) is 6.64. The summed E-state index contributed by atoms with van der Waals surface area (Å²) in [6.45, 7) is 0.0295. The fourth-order valence-electron chi connectivity index (χ4n) is 3.53. The molecule has 1 spiro atoms. The van der Waals surface area contributed by atoms with Crippen LogP contribution < -0.4 is 9.64 Å². The zero-order valence-electron chi connectivity index (χ0n) is 15.6. The van der Waals surface area contributed by atoms with Gasteiger partial charge >= 0.3 is 5.97 Å². The Morgan fingerprint density at radius 3 is 2.48 bits per heavy atom. The maximum Gasteiger partial charge on any atom is 0.323 e. The van der Waals surface area contributed by atoms with Crippen LogP contribution in [0.1, 0.15) is 16.7 Å². The fourth-order valence-corrected chi connectivity index (χ4v) is 3.53. The van der Waals surface area contributed by atoms with Crippen molar-refractivity contribution in [3.63, 3.8) is 0 Å². The number of benzene rings is 2. The predicted octanol–water partition coefficient (Wildman–Crippen LogP) is 2.20. The summed E-state index contributed by atoms with van der Waals surface area (Å²) in [4.78, 5) is 25.2. The summed E-state index contributed by atoms with van der Waals surface area (Å²) in [7, 11) is 1.48. The number of hydrogen-bond donors (Lipinski definition) is 2. The molecule has 0 aliphatic carbocycles. The minimum atomic E-state index is -1.59. The van der Waals surface area contributed by atoms with Crippen LogP contribution in [-0.4, -0.2) is 49.0 Å². The molecule has 2 aliphatic heterocycles. The van der Waals surface area contributed by atoms with E-state index in [9.17, 15) is 14.7 Å². The molecule has 4 rings (SSSR count). The molecule has 2 heterocycles. The number of carbonyl (C=O) groups excluding carboxylic acids is 1. The summed E-state index contributed by atoms with van der Waals surface area (Å²) in [5, 5.41) is 18.9. The number of nitrogens with zero attached hydrogens (tertiary/aromatic N) is 1. The Kier molecular flexibility index (Phi) is 4.73. The summed E-state index contributed by atoms with van der Waals surface area (Å²) in [5.74, 6) is -2.82. The van der Waals surface area contributed by atoms with Crippen molar-refractivity contribution in [2.75, 3.05) is 31.8 Å². The third-order valence-corrected chi connectivity index (χ3v) is 4.85. The molecule has 2 aliphatic rings. The van der Waals surface area contributed by atoms with E-state index in [1.54, 1.807) is 36.4 Å². The predicted molar refractivity (Wildman–Crippen MR) is 104 cm³/mol. The lowest BCUT2D eigenvalue weighted by molar-refractivity contribution is -0.181. The van der Waals surface area contributed by atoms with Gasteiger partial charge in [0, 0.05) is 5.56 Å². The molecule has 0 atom stereocenters. The van der Waals surface area contributed by atoms with Crippen molar-refractivity contribution in [2.24, 2.45) is 0 Å². The van der Waals surface area contributed by atoms with Gasteiger partial charge in [0.25, 0.3) is 11.7 Å². The van der Waals surface area contributed by atoms with Crippen molar-refractivity contribution >= 4 is 29.7 Å². The van der Waals surface area contributed by atoms with E-state index in [4.69, 9.17) is 19.3 Å². The summed E-state index contributed by atoms with van der Waals surface area (Å²) in [6, 6.07) is 10.2. The van der Waals surface area contributed by atoms with Crippen LogP contribution in [-0.2, 0) is 24.8 Å². The standard InChI is InChI=1S/C21H19NO7/c1-27-18-11-14(5-7-17(18)23)3-2-13-4-6-16-15(10-13)21(28-8-9-29-21)20(26)22(16)12-19(24)25/h2-7,10-11,23H,8-9,12H2,1H3,(H,24,25)/b3-2+. The number of hydrogen-bond acceptors (Lipinski definition) is 6. The molecule has 1 fully saturated rings. The molecule has 1 amide bonds. The number of aliphatic carboxylic acids is 1. The van der Waals surface area contributed by atoms with Crippen molar-refractivity contribution in [3.05, 3.63) is 53.1 Å². The van der Waals surface area contributed by atoms with E-state index in [0.717, 1.165) is 11.1 Å². The maximum atomic E-state index is 12.9. The molecule has 2 aromatic rings. The molecule has 2 aromatic carbocycles. The molecule has 0 aromatic heterocycles. The lowest BCUT2D eigenvalue weighted by Crippen LogP contribution is -2.43. The smallest absolute Gasteiger partial charge is 0.323 e. The zero-order chi connectivity index (χ0) is 20.6. The van der Waals surface area contributed by atoms with Gasteiger partial charge in [0.15, 0.2) is 11.5 Å². The van der Waals surface area contributed by atoms with E-state index in [1.807, 2.05) is 12.2 Å². The Labute approximate surface area is 166 Å². The van der Waals surface area contributed by atoms with Gasteiger partial charge in [0.2, 0.25) is 0 Å². The summed E-state index contributed by atoms with van der Waals surface area (Å²) >= 11 is 0. The van der Waals surface area contributed by atoms with Gasteiger partial charge in [-0.2, -0.15) is 0 Å².